The van der Waals surface area contributed by atoms with Crippen LogP contribution in [0.3, 0.4) is 0 Å². The minimum atomic E-state index is -0.0612. The lowest BCUT2D eigenvalue weighted by atomic mass is 9.86. The third kappa shape index (κ3) is 2.19. The molecule has 1 aliphatic rings. The fourth-order valence-corrected chi connectivity index (χ4v) is 2.24. The Hall–Kier alpha value is -1.32. The Morgan fingerprint density at radius 3 is 2.67 bits per heavy atom. The van der Waals surface area contributed by atoms with Crippen LogP contribution in [0.1, 0.15) is 31.7 Å². The van der Waals surface area contributed by atoms with Gasteiger partial charge < -0.3 is 4.74 Å². The van der Waals surface area contributed by atoms with E-state index in [1.165, 1.54) is 7.11 Å². The monoisotopic (exact) mass is 208 g/mol. The van der Waals surface area contributed by atoms with Gasteiger partial charge in [0.2, 0.25) is 0 Å². The standard InChI is InChI=1S/C11H16N2O2/c1-15-11(14)9-3-5-10(6-4-9)13-8-2-7-12-13/h2,7-10H,3-6H2,1H3. The van der Waals surface area contributed by atoms with Crippen LogP contribution in [0, 0.1) is 5.92 Å². The van der Waals surface area contributed by atoms with Crippen LogP contribution in [-0.4, -0.2) is 22.9 Å². The Balaban J connectivity index is 1.90. The molecule has 2 rings (SSSR count). The van der Waals surface area contributed by atoms with Crippen molar-refractivity contribution in [3.05, 3.63) is 18.5 Å². The number of carbonyl (C=O) groups is 1. The predicted octanol–water partition coefficient (Wildman–Crippen LogP) is 1.79. The van der Waals surface area contributed by atoms with Gasteiger partial charge in [-0.2, -0.15) is 5.10 Å². The Kier molecular flexibility index (Phi) is 3.04. The van der Waals surface area contributed by atoms with Gasteiger partial charge in [0.1, 0.15) is 0 Å². The molecule has 0 radical (unpaired) electrons. The molecule has 1 fully saturated rings. The number of ether oxygens (including phenoxy) is 1. The average Bonchev–Trinajstić information content (AvgIpc) is 2.82. The second-order valence-electron chi connectivity index (χ2n) is 4.01. The van der Waals surface area contributed by atoms with E-state index in [9.17, 15) is 4.79 Å². The minimum absolute atomic E-state index is 0.0612. The zero-order valence-electron chi connectivity index (χ0n) is 8.93. The van der Waals surface area contributed by atoms with Crippen molar-refractivity contribution in [2.45, 2.75) is 31.7 Å². The average molecular weight is 208 g/mol. The van der Waals surface area contributed by atoms with E-state index in [1.54, 1.807) is 6.20 Å². The molecule has 82 valence electrons. The molecule has 1 aromatic rings. The lowest BCUT2D eigenvalue weighted by Crippen LogP contribution is -2.24. The van der Waals surface area contributed by atoms with Crippen molar-refractivity contribution in [1.29, 1.82) is 0 Å². The second kappa shape index (κ2) is 4.47. The topological polar surface area (TPSA) is 44.1 Å². The van der Waals surface area contributed by atoms with Gasteiger partial charge in [-0.3, -0.25) is 9.48 Å². The normalized spacial score (nSPS) is 26.2. The highest BCUT2D eigenvalue weighted by Gasteiger charge is 2.27. The quantitative estimate of drug-likeness (QED) is 0.696. The predicted molar refractivity (Wildman–Crippen MR) is 55.2 cm³/mol. The van der Waals surface area contributed by atoms with Crippen molar-refractivity contribution in [3.8, 4) is 0 Å². The molecule has 4 heteroatoms. The third-order valence-electron chi connectivity index (χ3n) is 3.13. The molecule has 0 atom stereocenters. The first-order valence-corrected chi connectivity index (χ1v) is 5.38. The highest BCUT2D eigenvalue weighted by atomic mass is 16.5. The molecular weight excluding hydrogens is 192 g/mol. The fourth-order valence-electron chi connectivity index (χ4n) is 2.24. The molecule has 0 aliphatic heterocycles. The van der Waals surface area contributed by atoms with Crippen LogP contribution < -0.4 is 0 Å². The van der Waals surface area contributed by atoms with Gasteiger partial charge in [0.05, 0.1) is 19.1 Å². The Morgan fingerprint density at radius 1 is 1.40 bits per heavy atom. The lowest BCUT2D eigenvalue weighted by molar-refractivity contribution is -0.146. The summed E-state index contributed by atoms with van der Waals surface area (Å²) in [6.45, 7) is 0. The first-order chi connectivity index (χ1) is 7.31. The first kappa shape index (κ1) is 10.2. The molecule has 0 amide bonds. The third-order valence-corrected chi connectivity index (χ3v) is 3.13. The summed E-state index contributed by atoms with van der Waals surface area (Å²) >= 11 is 0. The van der Waals surface area contributed by atoms with E-state index in [4.69, 9.17) is 4.74 Å². The molecule has 1 saturated carbocycles. The number of hydrogen-bond acceptors (Lipinski definition) is 3. The van der Waals surface area contributed by atoms with E-state index in [1.807, 2.05) is 16.9 Å². The molecule has 0 bridgehead atoms. The molecule has 4 nitrogen and oxygen atoms in total. The molecule has 1 aromatic heterocycles. The van der Waals surface area contributed by atoms with Gasteiger partial charge in [0, 0.05) is 12.4 Å². The van der Waals surface area contributed by atoms with Gasteiger partial charge >= 0.3 is 5.97 Å². The van der Waals surface area contributed by atoms with Crippen LogP contribution in [0.4, 0.5) is 0 Å². The van der Waals surface area contributed by atoms with E-state index in [0.29, 0.717) is 6.04 Å². The maximum Gasteiger partial charge on any atom is 0.308 e. The summed E-state index contributed by atoms with van der Waals surface area (Å²) in [4.78, 5) is 11.3. The highest BCUT2D eigenvalue weighted by Crippen LogP contribution is 2.32. The zero-order valence-corrected chi connectivity index (χ0v) is 8.93. The van der Waals surface area contributed by atoms with Gasteiger partial charge in [-0.05, 0) is 31.7 Å². The summed E-state index contributed by atoms with van der Waals surface area (Å²) in [6.07, 6.45) is 7.65. The number of rotatable bonds is 2. The van der Waals surface area contributed by atoms with E-state index in [0.717, 1.165) is 25.7 Å². The Labute approximate surface area is 89.2 Å². The van der Waals surface area contributed by atoms with Crippen LogP contribution in [-0.2, 0) is 9.53 Å². The van der Waals surface area contributed by atoms with Crippen LogP contribution in [0.5, 0.6) is 0 Å². The SMILES string of the molecule is COC(=O)C1CCC(n2cccn2)CC1. The second-order valence-corrected chi connectivity index (χ2v) is 4.01. The number of carbonyl (C=O) groups excluding carboxylic acids is 1. The van der Waals surface area contributed by atoms with Crippen molar-refractivity contribution >= 4 is 5.97 Å². The van der Waals surface area contributed by atoms with Gasteiger partial charge in [-0.1, -0.05) is 0 Å². The molecular formula is C11H16N2O2. The first-order valence-electron chi connectivity index (χ1n) is 5.38. The van der Waals surface area contributed by atoms with Crippen molar-refractivity contribution in [3.63, 3.8) is 0 Å². The van der Waals surface area contributed by atoms with Crippen LogP contribution in [0.2, 0.25) is 0 Å². The van der Waals surface area contributed by atoms with E-state index in [-0.39, 0.29) is 11.9 Å². The number of nitrogens with zero attached hydrogens (tertiary/aromatic N) is 2. The molecule has 0 saturated heterocycles. The molecule has 0 unspecified atom stereocenters. The molecule has 15 heavy (non-hydrogen) atoms. The summed E-state index contributed by atoms with van der Waals surface area (Å²) in [7, 11) is 1.46. The molecule has 0 N–H and O–H groups in total. The van der Waals surface area contributed by atoms with Gasteiger partial charge in [-0.25, -0.2) is 0 Å². The molecule has 0 spiro atoms. The van der Waals surface area contributed by atoms with Crippen molar-refractivity contribution < 1.29 is 9.53 Å². The molecule has 1 heterocycles. The van der Waals surface area contributed by atoms with Crippen LogP contribution in [0.25, 0.3) is 0 Å². The maximum absolute atomic E-state index is 11.3. The number of methoxy groups -OCH3 is 1. The summed E-state index contributed by atoms with van der Waals surface area (Å²) in [5.74, 6) is 0.0377. The highest BCUT2D eigenvalue weighted by molar-refractivity contribution is 5.72. The van der Waals surface area contributed by atoms with Gasteiger partial charge in [0.25, 0.3) is 0 Å². The van der Waals surface area contributed by atoms with Crippen molar-refractivity contribution in [2.75, 3.05) is 7.11 Å². The van der Waals surface area contributed by atoms with E-state index < -0.39 is 0 Å². The van der Waals surface area contributed by atoms with E-state index >= 15 is 0 Å². The van der Waals surface area contributed by atoms with Gasteiger partial charge in [0.15, 0.2) is 0 Å². The summed E-state index contributed by atoms with van der Waals surface area (Å²) in [5, 5.41) is 4.23. The summed E-state index contributed by atoms with van der Waals surface area (Å²) in [6, 6.07) is 2.40. The fraction of sp³-hybridized carbons (Fsp3) is 0.636. The number of aromatic nitrogens is 2. The summed E-state index contributed by atoms with van der Waals surface area (Å²) < 4.78 is 6.75. The largest absolute Gasteiger partial charge is 0.469 e. The Bertz CT molecular complexity index is 313. The van der Waals surface area contributed by atoms with Crippen molar-refractivity contribution in [2.24, 2.45) is 5.92 Å². The minimum Gasteiger partial charge on any atom is -0.469 e. The molecule has 0 aromatic carbocycles. The Morgan fingerprint density at radius 2 is 2.13 bits per heavy atom. The maximum atomic E-state index is 11.3. The van der Waals surface area contributed by atoms with Crippen molar-refractivity contribution in [1.82, 2.24) is 9.78 Å². The lowest BCUT2D eigenvalue weighted by Gasteiger charge is -2.26. The zero-order chi connectivity index (χ0) is 10.7. The van der Waals surface area contributed by atoms with E-state index in [2.05, 4.69) is 5.10 Å². The van der Waals surface area contributed by atoms with Gasteiger partial charge in [-0.15, -0.1) is 0 Å². The van der Waals surface area contributed by atoms with Crippen LogP contribution >= 0.6 is 0 Å². The number of esters is 1. The van der Waals surface area contributed by atoms with Crippen LogP contribution in [0.15, 0.2) is 18.5 Å². The number of hydrogen-bond donors (Lipinski definition) is 0. The summed E-state index contributed by atoms with van der Waals surface area (Å²) in [5.41, 5.74) is 0. The molecule has 1 aliphatic carbocycles. The smallest absolute Gasteiger partial charge is 0.308 e.